The fraction of sp³-hybridized carbons (Fsp3) is 0.208. The summed E-state index contributed by atoms with van der Waals surface area (Å²) in [6.45, 7) is 0.710. The first-order valence-electron chi connectivity index (χ1n) is 10.0. The molecular weight excluding hydrogens is 387 g/mol. The van der Waals surface area contributed by atoms with E-state index in [-0.39, 0.29) is 5.69 Å². The van der Waals surface area contributed by atoms with Crippen molar-refractivity contribution in [2.75, 3.05) is 11.9 Å². The Morgan fingerprint density at radius 3 is 2.50 bits per heavy atom. The molecule has 0 saturated heterocycles. The van der Waals surface area contributed by atoms with Gasteiger partial charge in [-0.05, 0) is 42.2 Å². The number of rotatable bonds is 2. The lowest BCUT2D eigenvalue weighted by Gasteiger charge is -2.15. The summed E-state index contributed by atoms with van der Waals surface area (Å²) in [5.41, 5.74) is 2.01. The average Bonchev–Trinajstić information content (AvgIpc) is 2.93. The van der Waals surface area contributed by atoms with Crippen molar-refractivity contribution in [3.05, 3.63) is 77.9 Å². The third kappa shape index (κ3) is 3.12. The standard InChI is InChI=1S/C24H20F3N3/c25-24(26,27)20-13-3-4-14-21(20)30-23-19(11-5-6-15-28-23)22(29-30)18-12-7-9-16-8-1-2-10-17(16)18/h1-4,7-10,12-14,28H,5-6,11,15H2. The Hall–Kier alpha value is -3.28. The molecule has 0 saturated carbocycles. The number of hydrogen-bond donors (Lipinski definition) is 1. The van der Waals surface area contributed by atoms with Crippen molar-refractivity contribution in [2.45, 2.75) is 25.4 Å². The number of fused-ring (bicyclic) bond motifs is 2. The van der Waals surface area contributed by atoms with E-state index < -0.39 is 11.7 Å². The lowest BCUT2D eigenvalue weighted by atomic mass is 9.98. The van der Waals surface area contributed by atoms with Gasteiger partial charge in [-0.15, -0.1) is 0 Å². The molecule has 0 spiro atoms. The number of para-hydroxylation sites is 1. The smallest absolute Gasteiger partial charge is 0.370 e. The van der Waals surface area contributed by atoms with Gasteiger partial charge in [0.05, 0.1) is 16.9 Å². The lowest BCUT2D eigenvalue weighted by Crippen LogP contribution is -2.14. The molecule has 0 bridgehead atoms. The van der Waals surface area contributed by atoms with Crippen molar-refractivity contribution in [1.82, 2.24) is 9.78 Å². The number of alkyl halides is 3. The Bertz CT molecular complexity index is 1220. The molecule has 0 radical (unpaired) electrons. The largest absolute Gasteiger partial charge is 0.418 e. The molecule has 3 aromatic carbocycles. The minimum atomic E-state index is -4.46. The van der Waals surface area contributed by atoms with Gasteiger partial charge in [-0.2, -0.15) is 18.3 Å². The number of nitrogens with zero attached hydrogens (tertiary/aromatic N) is 2. The minimum Gasteiger partial charge on any atom is -0.370 e. The van der Waals surface area contributed by atoms with Gasteiger partial charge in [-0.3, -0.25) is 0 Å². The van der Waals surface area contributed by atoms with Crippen molar-refractivity contribution >= 4 is 16.6 Å². The van der Waals surface area contributed by atoms with E-state index in [9.17, 15) is 13.2 Å². The van der Waals surface area contributed by atoms with Crippen LogP contribution in [0.4, 0.5) is 19.0 Å². The van der Waals surface area contributed by atoms with Gasteiger partial charge in [0.1, 0.15) is 5.82 Å². The first-order valence-corrected chi connectivity index (χ1v) is 10.0. The van der Waals surface area contributed by atoms with Gasteiger partial charge in [0.15, 0.2) is 0 Å². The minimum absolute atomic E-state index is 0.0436. The van der Waals surface area contributed by atoms with Crippen molar-refractivity contribution in [3.8, 4) is 16.9 Å². The van der Waals surface area contributed by atoms with Crippen molar-refractivity contribution < 1.29 is 13.2 Å². The van der Waals surface area contributed by atoms with Gasteiger partial charge < -0.3 is 5.32 Å². The molecule has 2 heterocycles. The zero-order chi connectivity index (χ0) is 20.7. The van der Waals surface area contributed by atoms with E-state index in [1.165, 1.54) is 16.8 Å². The third-order valence-corrected chi connectivity index (χ3v) is 5.61. The fourth-order valence-corrected chi connectivity index (χ4v) is 4.22. The number of benzene rings is 3. The summed E-state index contributed by atoms with van der Waals surface area (Å²) in [6.07, 6.45) is -1.76. The Labute approximate surface area is 172 Å². The molecule has 5 rings (SSSR count). The molecule has 152 valence electrons. The van der Waals surface area contributed by atoms with E-state index in [1.54, 1.807) is 6.07 Å². The fourth-order valence-electron chi connectivity index (χ4n) is 4.22. The van der Waals surface area contributed by atoms with Gasteiger partial charge in [0.25, 0.3) is 0 Å². The van der Waals surface area contributed by atoms with Crippen molar-refractivity contribution in [2.24, 2.45) is 0 Å². The van der Waals surface area contributed by atoms with Crippen LogP contribution < -0.4 is 5.32 Å². The molecule has 1 aliphatic heterocycles. The van der Waals surface area contributed by atoms with E-state index in [0.29, 0.717) is 12.4 Å². The van der Waals surface area contributed by atoms with Gasteiger partial charge >= 0.3 is 6.18 Å². The third-order valence-electron chi connectivity index (χ3n) is 5.61. The Kier molecular flexibility index (Phi) is 4.50. The molecule has 1 aromatic heterocycles. The van der Waals surface area contributed by atoms with Crippen LogP contribution in [0.15, 0.2) is 66.7 Å². The molecule has 1 N–H and O–H groups in total. The van der Waals surface area contributed by atoms with Gasteiger partial charge in [0.2, 0.25) is 0 Å². The van der Waals surface area contributed by atoms with Crippen LogP contribution in [0.5, 0.6) is 0 Å². The van der Waals surface area contributed by atoms with E-state index >= 15 is 0 Å². The maximum absolute atomic E-state index is 13.7. The van der Waals surface area contributed by atoms with E-state index in [2.05, 4.69) is 5.32 Å². The highest BCUT2D eigenvalue weighted by Gasteiger charge is 2.35. The number of halogens is 3. The Balaban J connectivity index is 1.79. The topological polar surface area (TPSA) is 29.9 Å². The van der Waals surface area contributed by atoms with E-state index in [4.69, 9.17) is 5.10 Å². The zero-order valence-corrected chi connectivity index (χ0v) is 16.2. The molecule has 0 atom stereocenters. The SMILES string of the molecule is FC(F)(F)c1ccccc1-n1nc(-c2cccc3ccccc23)c2c1NCCCC2. The molecule has 6 heteroatoms. The molecule has 0 unspecified atom stereocenters. The van der Waals surface area contributed by atoms with Crippen LogP contribution in [-0.4, -0.2) is 16.3 Å². The second-order valence-corrected chi connectivity index (χ2v) is 7.51. The van der Waals surface area contributed by atoms with Crippen LogP contribution >= 0.6 is 0 Å². The monoisotopic (exact) mass is 407 g/mol. The molecule has 0 amide bonds. The summed E-state index contributed by atoms with van der Waals surface area (Å²) in [4.78, 5) is 0. The first-order chi connectivity index (χ1) is 14.5. The van der Waals surface area contributed by atoms with Crippen molar-refractivity contribution in [1.29, 1.82) is 0 Å². The number of anilines is 1. The van der Waals surface area contributed by atoms with Crippen LogP contribution in [0.3, 0.4) is 0 Å². The second kappa shape index (κ2) is 7.20. The summed E-state index contributed by atoms with van der Waals surface area (Å²) in [5.74, 6) is 0.659. The first kappa shape index (κ1) is 18.7. The number of hydrogen-bond acceptors (Lipinski definition) is 2. The maximum atomic E-state index is 13.7. The summed E-state index contributed by atoms with van der Waals surface area (Å²) in [7, 11) is 0. The van der Waals surface area contributed by atoms with E-state index in [1.807, 2.05) is 42.5 Å². The van der Waals surface area contributed by atoms with Crippen LogP contribution in [0.2, 0.25) is 0 Å². The summed E-state index contributed by atoms with van der Waals surface area (Å²) in [5, 5.41) is 10.2. The summed E-state index contributed by atoms with van der Waals surface area (Å²) in [6, 6.07) is 19.6. The van der Waals surface area contributed by atoms with Gasteiger partial charge in [0, 0.05) is 17.7 Å². The highest BCUT2D eigenvalue weighted by molar-refractivity contribution is 5.97. The van der Waals surface area contributed by atoms with Crippen LogP contribution in [0.25, 0.3) is 27.7 Å². The predicted octanol–water partition coefficient (Wildman–Crippen LogP) is 6.46. The second-order valence-electron chi connectivity index (χ2n) is 7.51. The highest BCUT2D eigenvalue weighted by Crippen LogP contribution is 2.40. The molecular formula is C24H20F3N3. The molecule has 0 aliphatic carbocycles. The Morgan fingerprint density at radius 2 is 1.63 bits per heavy atom. The number of aromatic nitrogens is 2. The summed E-state index contributed by atoms with van der Waals surface area (Å²) < 4.78 is 42.6. The highest BCUT2D eigenvalue weighted by atomic mass is 19.4. The molecule has 3 nitrogen and oxygen atoms in total. The molecule has 4 aromatic rings. The van der Waals surface area contributed by atoms with Gasteiger partial charge in [-0.1, -0.05) is 54.6 Å². The molecule has 1 aliphatic rings. The van der Waals surface area contributed by atoms with Gasteiger partial charge in [-0.25, -0.2) is 4.68 Å². The molecule has 30 heavy (non-hydrogen) atoms. The lowest BCUT2D eigenvalue weighted by molar-refractivity contribution is -0.137. The average molecular weight is 407 g/mol. The Morgan fingerprint density at radius 1 is 0.867 bits per heavy atom. The van der Waals surface area contributed by atoms with Crippen LogP contribution in [0, 0.1) is 0 Å². The quantitative estimate of drug-likeness (QED) is 0.413. The van der Waals surface area contributed by atoms with Crippen LogP contribution in [-0.2, 0) is 12.6 Å². The van der Waals surface area contributed by atoms with Crippen molar-refractivity contribution in [3.63, 3.8) is 0 Å². The predicted molar refractivity (Wildman–Crippen MR) is 113 cm³/mol. The zero-order valence-electron chi connectivity index (χ0n) is 16.2. The van der Waals surface area contributed by atoms with Crippen LogP contribution in [0.1, 0.15) is 24.0 Å². The maximum Gasteiger partial charge on any atom is 0.418 e. The normalized spacial score (nSPS) is 14.2. The molecule has 0 fully saturated rings. The number of nitrogens with one attached hydrogen (secondary N) is 1. The summed E-state index contributed by atoms with van der Waals surface area (Å²) >= 11 is 0. The van der Waals surface area contributed by atoms with E-state index in [0.717, 1.165) is 52.9 Å².